The summed E-state index contributed by atoms with van der Waals surface area (Å²) in [5.41, 5.74) is 2.37. The molecular weight excluding hydrogens is 193 g/mol. The molecule has 78 valence electrons. The maximum absolute atomic E-state index is 13.4. The number of nitrogens with one attached hydrogen (secondary N) is 2. The molecule has 1 aromatic heterocycles. The number of aromatic amines is 1. The first kappa shape index (κ1) is 9.71. The molecule has 2 rings (SSSR count). The molecule has 0 spiro atoms. The Morgan fingerprint density at radius 3 is 2.80 bits per heavy atom. The van der Waals surface area contributed by atoms with Gasteiger partial charge >= 0.3 is 0 Å². The minimum absolute atomic E-state index is 0.283. The Morgan fingerprint density at radius 2 is 2.13 bits per heavy atom. The van der Waals surface area contributed by atoms with Crippen molar-refractivity contribution in [2.45, 2.75) is 13.8 Å². The zero-order valence-electron chi connectivity index (χ0n) is 8.63. The zero-order chi connectivity index (χ0) is 10.8. The van der Waals surface area contributed by atoms with Crippen molar-refractivity contribution in [1.29, 1.82) is 0 Å². The van der Waals surface area contributed by atoms with Crippen LogP contribution >= 0.6 is 0 Å². The van der Waals surface area contributed by atoms with Crippen LogP contribution in [0.25, 0.3) is 0 Å². The van der Waals surface area contributed by atoms with Crippen molar-refractivity contribution in [2.24, 2.45) is 0 Å². The third kappa shape index (κ3) is 2.15. The summed E-state index contributed by atoms with van der Waals surface area (Å²) in [7, 11) is 0. The predicted molar refractivity (Wildman–Crippen MR) is 57.7 cm³/mol. The van der Waals surface area contributed by atoms with Gasteiger partial charge in [-0.2, -0.15) is 0 Å². The molecule has 0 saturated carbocycles. The monoisotopic (exact) mass is 205 g/mol. The molecule has 0 radical (unpaired) electrons. The summed E-state index contributed by atoms with van der Waals surface area (Å²) in [6.07, 6.45) is 1.69. The van der Waals surface area contributed by atoms with Crippen LogP contribution < -0.4 is 5.32 Å². The molecule has 2 aromatic rings. The molecule has 0 aliphatic carbocycles. The summed E-state index contributed by atoms with van der Waals surface area (Å²) in [6, 6.07) is 4.91. The second-order valence-electron chi connectivity index (χ2n) is 3.52. The van der Waals surface area contributed by atoms with E-state index < -0.39 is 0 Å². The molecule has 0 saturated heterocycles. The zero-order valence-corrected chi connectivity index (χ0v) is 8.63. The molecule has 0 aliphatic rings. The molecule has 15 heavy (non-hydrogen) atoms. The van der Waals surface area contributed by atoms with Crippen LogP contribution in [0.5, 0.6) is 0 Å². The van der Waals surface area contributed by atoms with Gasteiger partial charge in [0.05, 0.1) is 5.69 Å². The number of H-pyrrole nitrogens is 1. The lowest BCUT2D eigenvalue weighted by molar-refractivity contribution is 0.631. The van der Waals surface area contributed by atoms with E-state index in [9.17, 15) is 4.39 Å². The highest BCUT2D eigenvalue weighted by atomic mass is 19.1. The number of nitrogens with zero attached hydrogens (tertiary/aromatic N) is 1. The van der Waals surface area contributed by atoms with Gasteiger partial charge in [0.25, 0.3) is 0 Å². The fourth-order valence-electron chi connectivity index (χ4n) is 1.34. The number of imidazole rings is 1. The van der Waals surface area contributed by atoms with Crippen LogP contribution in [0.4, 0.5) is 16.0 Å². The lowest BCUT2D eigenvalue weighted by Crippen LogP contribution is -1.96. The van der Waals surface area contributed by atoms with E-state index in [1.807, 2.05) is 13.8 Å². The van der Waals surface area contributed by atoms with Crippen molar-refractivity contribution < 1.29 is 4.39 Å². The smallest absolute Gasteiger partial charge is 0.204 e. The molecule has 0 bridgehead atoms. The van der Waals surface area contributed by atoms with Crippen molar-refractivity contribution in [1.82, 2.24) is 9.97 Å². The summed E-state index contributed by atoms with van der Waals surface area (Å²) in [5, 5.41) is 2.89. The van der Waals surface area contributed by atoms with Crippen LogP contribution in [-0.4, -0.2) is 9.97 Å². The van der Waals surface area contributed by atoms with Crippen molar-refractivity contribution in [3.63, 3.8) is 0 Å². The Kier molecular flexibility index (Phi) is 2.41. The fourth-order valence-corrected chi connectivity index (χ4v) is 1.34. The van der Waals surface area contributed by atoms with Gasteiger partial charge in [-0.25, -0.2) is 9.37 Å². The van der Waals surface area contributed by atoms with E-state index in [4.69, 9.17) is 0 Å². The van der Waals surface area contributed by atoms with E-state index in [2.05, 4.69) is 15.3 Å². The molecular formula is C11H12FN3. The summed E-state index contributed by atoms with van der Waals surface area (Å²) >= 11 is 0. The van der Waals surface area contributed by atoms with Gasteiger partial charge in [0.1, 0.15) is 5.82 Å². The Morgan fingerprint density at radius 1 is 1.33 bits per heavy atom. The topological polar surface area (TPSA) is 40.7 Å². The van der Waals surface area contributed by atoms with Gasteiger partial charge in [0, 0.05) is 11.9 Å². The quantitative estimate of drug-likeness (QED) is 0.791. The van der Waals surface area contributed by atoms with Crippen LogP contribution in [0, 0.1) is 19.7 Å². The molecule has 0 fully saturated rings. The van der Waals surface area contributed by atoms with Gasteiger partial charge in [0.15, 0.2) is 0 Å². The number of hydrogen-bond acceptors (Lipinski definition) is 2. The number of anilines is 2. The maximum atomic E-state index is 13.4. The summed E-state index contributed by atoms with van der Waals surface area (Å²) in [5.74, 6) is 0.270. The fraction of sp³-hybridized carbons (Fsp3) is 0.182. The van der Waals surface area contributed by atoms with E-state index in [1.54, 1.807) is 18.3 Å². The van der Waals surface area contributed by atoms with Gasteiger partial charge in [-0.05, 0) is 31.5 Å². The Labute approximate surface area is 87.4 Å². The third-order valence-corrected chi connectivity index (χ3v) is 2.08. The standard InChI is InChI=1S/C11H12FN3/c1-7-3-4-9(12)10(5-7)15-11-13-6-8(2)14-11/h3-6H,1-2H3,(H2,13,14,15). The highest BCUT2D eigenvalue weighted by Gasteiger charge is 2.03. The van der Waals surface area contributed by atoms with Crippen molar-refractivity contribution >= 4 is 11.6 Å². The Balaban J connectivity index is 2.27. The van der Waals surface area contributed by atoms with Crippen molar-refractivity contribution in [2.75, 3.05) is 5.32 Å². The first-order valence-corrected chi connectivity index (χ1v) is 4.70. The first-order valence-electron chi connectivity index (χ1n) is 4.70. The molecule has 1 aromatic carbocycles. The van der Waals surface area contributed by atoms with Crippen LogP contribution in [-0.2, 0) is 0 Å². The molecule has 0 amide bonds. The molecule has 0 unspecified atom stereocenters. The van der Waals surface area contributed by atoms with Crippen molar-refractivity contribution in [3.8, 4) is 0 Å². The van der Waals surface area contributed by atoms with Crippen LogP contribution in [0.1, 0.15) is 11.3 Å². The lowest BCUT2D eigenvalue weighted by Gasteiger charge is -2.05. The molecule has 0 aliphatic heterocycles. The van der Waals surface area contributed by atoms with Gasteiger partial charge in [-0.1, -0.05) is 6.07 Å². The van der Waals surface area contributed by atoms with Gasteiger partial charge in [0.2, 0.25) is 5.95 Å². The summed E-state index contributed by atoms with van der Waals surface area (Å²) in [4.78, 5) is 7.03. The Bertz CT molecular complexity index is 476. The number of hydrogen-bond donors (Lipinski definition) is 2. The average molecular weight is 205 g/mol. The minimum atomic E-state index is -0.283. The second kappa shape index (κ2) is 3.73. The molecule has 4 heteroatoms. The second-order valence-corrected chi connectivity index (χ2v) is 3.52. The predicted octanol–water partition coefficient (Wildman–Crippen LogP) is 2.91. The lowest BCUT2D eigenvalue weighted by atomic mass is 10.2. The van der Waals surface area contributed by atoms with E-state index in [-0.39, 0.29) is 5.82 Å². The number of aromatic nitrogens is 2. The number of aryl methyl sites for hydroxylation is 2. The summed E-state index contributed by atoms with van der Waals surface area (Å²) in [6.45, 7) is 3.81. The highest BCUT2D eigenvalue weighted by Crippen LogP contribution is 2.19. The average Bonchev–Trinajstić information content (AvgIpc) is 2.58. The molecule has 0 atom stereocenters. The first-order chi connectivity index (χ1) is 7.15. The van der Waals surface area contributed by atoms with E-state index in [1.165, 1.54) is 6.07 Å². The largest absolute Gasteiger partial charge is 0.328 e. The maximum Gasteiger partial charge on any atom is 0.204 e. The van der Waals surface area contributed by atoms with E-state index in [0.717, 1.165) is 11.3 Å². The van der Waals surface area contributed by atoms with Crippen LogP contribution in [0.15, 0.2) is 24.4 Å². The number of halogens is 1. The molecule has 3 nitrogen and oxygen atoms in total. The van der Waals surface area contributed by atoms with Gasteiger partial charge < -0.3 is 10.3 Å². The molecule has 2 N–H and O–H groups in total. The van der Waals surface area contributed by atoms with E-state index >= 15 is 0 Å². The normalized spacial score (nSPS) is 10.3. The number of rotatable bonds is 2. The summed E-state index contributed by atoms with van der Waals surface area (Å²) < 4.78 is 13.4. The van der Waals surface area contributed by atoms with Crippen LogP contribution in [0.2, 0.25) is 0 Å². The Hall–Kier alpha value is -1.84. The number of benzene rings is 1. The highest BCUT2D eigenvalue weighted by molar-refractivity contribution is 5.55. The van der Waals surface area contributed by atoms with Crippen molar-refractivity contribution in [3.05, 3.63) is 41.5 Å². The molecule has 1 heterocycles. The van der Waals surface area contributed by atoms with Crippen LogP contribution in [0.3, 0.4) is 0 Å². The third-order valence-electron chi connectivity index (χ3n) is 2.08. The van der Waals surface area contributed by atoms with E-state index in [0.29, 0.717) is 11.6 Å². The van der Waals surface area contributed by atoms with Gasteiger partial charge in [-0.15, -0.1) is 0 Å². The minimum Gasteiger partial charge on any atom is -0.328 e. The van der Waals surface area contributed by atoms with Gasteiger partial charge in [-0.3, -0.25) is 0 Å². The SMILES string of the molecule is Cc1ccc(F)c(Nc2ncc(C)[nH]2)c1.